The Morgan fingerprint density at radius 3 is 2.56 bits per heavy atom. The van der Waals surface area contributed by atoms with E-state index < -0.39 is 0 Å². The van der Waals surface area contributed by atoms with Crippen molar-refractivity contribution >= 4 is 43.2 Å². The molecule has 86 valence electrons. The molecule has 0 fully saturated rings. The van der Waals surface area contributed by atoms with Crippen molar-refractivity contribution in [1.82, 2.24) is 5.32 Å². The number of thiophene rings is 1. The second-order valence-corrected chi connectivity index (χ2v) is 6.84. The molecule has 0 aliphatic heterocycles. The van der Waals surface area contributed by atoms with Crippen molar-refractivity contribution in [2.75, 3.05) is 7.05 Å². The summed E-state index contributed by atoms with van der Waals surface area (Å²) in [5, 5.41) is 3.27. The van der Waals surface area contributed by atoms with Crippen molar-refractivity contribution in [3.63, 3.8) is 0 Å². The molecule has 0 saturated heterocycles. The van der Waals surface area contributed by atoms with Crippen LogP contribution < -0.4 is 5.32 Å². The molecule has 2 aromatic heterocycles. The normalized spacial score (nSPS) is 13.0. The van der Waals surface area contributed by atoms with Gasteiger partial charge in [-0.3, -0.25) is 0 Å². The molecule has 0 aliphatic carbocycles. The third kappa shape index (κ3) is 2.42. The van der Waals surface area contributed by atoms with E-state index in [0.717, 1.165) is 14.2 Å². The molecule has 0 saturated carbocycles. The van der Waals surface area contributed by atoms with Gasteiger partial charge in [-0.15, -0.1) is 11.3 Å². The number of furan rings is 1. The fourth-order valence-corrected chi connectivity index (χ4v) is 3.75. The van der Waals surface area contributed by atoms with Crippen LogP contribution in [0.3, 0.4) is 0 Å². The number of aryl methyl sites for hydroxylation is 1. The minimum atomic E-state index is 0.105. The second kappa shape index (κ2) is 5.04. The first-order chi connectivity index (χ1) is 7.61. The summed E-state index contributed by atoms with van der Waals surface area (Å²) in [6.45, 7) is 2.12. The van der Waals surface area contributed by atoms with Crippen molar-refractivity contribution < 1.29 is 4.42 Å². The Morgan fingerprint density at radius 1 is 1.38 bits per heavy atom. The van der Waals surface area contributed by atoms with Gasteiger partial charge in [-0.2, -0.15) is 0 Å². The smallest absolute Gasteiger partial charge is 0.169 e. The molecular formula is C11H11Br2NOS. The molecule has 16 heavy (non-hydrogen) atoms. The van der Waals surface area contributed by atoms with E-state index in [0.29, 0.717) is 0 Å². The van der Waals surface area contributed by atoms with Crippen LogP contribution in [0.4, 0.5) is 0 Å². The maximum atomic E-state index is 5.60. The van der Waals surface area contributed by atoms with Gasteiger partial charge in [0.05, 0.1) is 9.83 Å². The zero-order valence-corrected chi connectivity index (χ0v) is 12.9. The van der Waals surface area contributed by atoms with Crippen LogP contribution in [0.1, 0.15) is 22.2 Å². The van der Waals surface area contributed by atoms with E-state index in [4.69, 9.17) is 4.42 Å². The van der Waals surface area contributed by atoms with Crippen LogP contribution in [0.25, 0.3) is 0 Å². The quantitative estimate of drug-likeness (QED) is 0.868. The number of hydrogen-bond donors (Lipinski definition) is 1. The van der Waals surface area contributed by atoms with Gasteiger partial charge < -0.3 is 9.73 Å². The predicted molar refractivity (Wildman–Crippen MR) is 74.1 cm³/mol. The molecule has 1 unspecified atom stereocenters. The molecule has 2 nitrogen and oxygen atoms in total. The summed E-state index contributed by atoms with van der Waals surface area (Å²) >= 11 is 8.57. The van der Waals surface area contributed by atoms with Crippen molar-refractivity contribution in [2.45, 2.75) is 13.0 Å². The molecule has 0 spiro atoms. The first-order valence-electron chi connectivity index (χ1n) is 4.80. The first kappa shape index (κ1) is 12.4. The van der Waals surface area contributed by atoms with Gasteiger partial charge in [0.1, 0.15) is 5.76 Å². The molecule has 2 aromatic rings. The van der Waals surface area contributed by atoms with Crippen LogP contribution in [-0.2, 0) is 0 Å². The van der Waals surface area contributed by atoms with E-state index >= 15 is 0 Å². The highest BCUT2D eigenvalue weighted by molar-refractivity contribution is 9.11. The molecule has 0 aliphatic rings. The van der Waals surface area contributed by atoms with Crippen molar-refractivity contribution in [3.05, 3.63) is 42.9 Å². The minimum Gasteiger partial charge on any atom is -0.452 e. The monoisotopic (exact) mass is 363 g/mol. The van der Waals surface area contributed by atoms with E-state index in [9.17, 15) is 0 Å². The molecule has 1 atom stereocenters. The molecular weight excluding hydrogens is 354 g/mol. The summed E-state index contributed by atoms with van der Waals surface area (Å²) in [6.07, 6.45) is 0. The molecule has 0 radical (unpaired) electrons. The molecule has 1 N–H and O–H groups in total. The van der Waals surface area contributed by atoms with Crippen molar-refractivity contribution in [2.24, 2.45) is 0 Å². The topological polar surface area (TPSA) is 25.2 Å². The fraction of sp³-hybridized carbons (Fsp3) is 0.273. The van der Waals surface area contributed by atoms with Crippen LogP contribution in [0, 0.1) is 6.92 Å². The molecule has 0 amide bonds. The molecule has 0 aromatic carbocycles. The average Bonchev–Trinajstić information content (AvgIpc) is 2.76. The largest absolute Gasteiger partial charge is 0.452 e. The maximum Gasteiger partial charge on any atom is 0.169 e. The Morgan fingerprint density at radius 2 is 2.12 bits per heavy atom. The summed E-state index contributed by atoms with van der Waals surface area (Å²) in [5.74, 6) is 0.919. The van der Waals surface area contributed by atoms with E-state index in [1.54, 1.807) is 11.3 Å². The first-order valence-corrected chi connectivity index (χ1v) is 7.20. The molecule has 2 heterocycles. The third-order valence-corrected chi connectivity index (χ3v) is 4.40. The van der Waals surface area contributed by atoms with Crippen LogP contribution in [0.5, 0.6) is 0 Å². The zero-order chi connectivity index (χ0) is 11.7. The van der Waals surface area contributed by atoms with E-state index in [1.807, 2.05) is 19.2 Å². The lowest BCUT2D eigenvalue weighted by molar-refractivity contribution is 0.447. The van der Waals surface area contributed by atoms with Crippen LogP contribution in [0.2, 0.25) is 0 Å². The number of hydrogen-bond acceptors (Lipinski definition) is 3. The lowest BCUT2D eigenvalue weighted by Crippen LogP contribution is -2.17. The van der Waals surface area contributed by atoms with Gasteiger partial charge in [0, 0.05) is 4.88 Å². The lowest BCUT2D eigenvalue weighted by atomic mass is 10.1. The standard InChI is InChI=1S/C11H11Br2NOS/c1-6-7(5-10(13)16-6)11(14-2)8-3-4-9(12)15-8/h3-5,11,14H,1-2H3. The van der Waals surface area contributed by atoms with Gasteiger partial charge in [0.25, 0.3) is 0 Å². The molecule has 2 rings (SSSR count). The Bertz CT molecular complexity index is 492. The average molecular weight is 365 g/mol. The second-order valence-electron chi connectivity index (χ2n) is 3.43. The van der Waals surface area contributed by atoms with Crippen molar-refractivity contribution in [3.8, 4) is 0 Å². The number of rotatable bonds is 3. The summed E-state index contributed by atoms with van der Waals surface area (Å²) in [6, 6.07) is 6.14. The summed E-state index contributed by atoms with van der Waals surface area (Å²) in [7, 11) is 1.94. The van der Waals surface area contributed by atoms with Gasteiger partial charge >= 0.3 is 0 Å². The SMILES string of the molecule is CNC(c1ccc(Br)o1)c1cc(Br)sc1C. The number of halogens is 2. The van der Waals surface area contributed by atoms with E-state index in [1.165, 1.54) is 10.4 Å². The van der Waals surface area contributed by atoms with Gasteiger partial charge in [-0.05, 0) is 69.6 Å². The van der Waals surface area contributed by atoms with Gasteiger partial charge in [0.15, 0.2) is 4.67 Å². The summed E-state index contributed by atoms with van der Waals surface area (Å²) in [5.41, 5.74) is 1.25. The fourth-order valence-electron chi connectivity index (χ4n) is 1.68. The highest BCUT2D eigenvalue weighted by Gasteiger charge is 2.19. The van der Waals surface area contributed by atoms with Crippen LogP contribution in [-0.4, -0.2) is 7.05 Å². The van der Waals surface area contributed by atoms with Gasteiger partial charge in [-0.1, -0.05) is 0 Å². The zero-order valence-electron chi connectivity index (χ0n) is 8.88. The van der Waals surface area contributed by atoms with E-state index in [-0.39, 0.29) is 6.04 Å². The van der Waals surface area contributed by atoms with Crippen LogP contribution in [0.15, 0.2) is 31.1 Å². The Balaban J connectivity index is 2.40. The third-order valence-electron chi connectivity index (χ3n) is 2.40. The Kier molecular flexibility index (Phi) is 3.89. The Hall–Kier alpha value is -0.100. The minimum absolute atomic E-state index is 0.105. The highest BCUT2D eigenvalue weighted by Crippen LogP contribution is 2.34. The maximum absolute atomic E-state index is 5.60. The van der Waals surface area contributed by atoms with Gasteiger partial charge in [-0.25, -0.2) is 0 Å². The molecule has 5 heteroatoms. The number of nitrogens with one attached hydrogen (secondary N) is 1. The molecule has 0 bridgehead atoms. The van der Waals surface area contributed by atoms with Crippen LogP contribution >= 0.6 is 43.2 Å². The predicted octanol–water partition coefficient (Wildman–Crippen LogP) is 4.48. The summed E-state index contributed by atoms with van der Waals surface area (Å²) < 4.78 is 7.50. The lowest BCUT2D eigenvalue weighted by Gasteiger charge is -2.13. The highest BCUT2D eigenvalue weighted by atomic mass is 79.9. The van der Waals surface area contributed by atoms with E-state index in [2.05, 4.69) is 50.2 Å². The summed E-state index contributed by atoms with van der Waals surface area (Å²) in [4.78, 5) is 1.29. The Labute approximate surface area is 115 Å². The van der Waals surface area contributed by atoms with Gasteiger partial charge in [0.2, 0.25) is 0 Å². The van der Waals surface area contributed by atoms with Crippen molar-refractivity contribution in [1.29, 1.82) is 0 Å².